The Morgan fingerprint density at radius 1 is 1.19 bits per heavy atom. The SMILES string of the molecule is CCOC(=O)N1CCC(C2c3ccc(Cl)cc3C(/C=C/n3cnc(C)c3C)=Cc3cccnc32)CC1. The van der Waals surface area contributed by atoms with Gasteiger partial charge in [-0.3, -0.25) is 4.98 Å². The molecule has 0 bridgehead atoms. The first kappa shape index (κ1) is 24.3. The molecule has 3 aromatic rings. The number of rotatable bonds is 4. The summed E-state index contributed by atoms with van der Waals surface area (Å²) in [5, 5.41) is 0.706. The second-order valence-electron chi connectivity index (χ2n) is 9.45. The van der Waals surface area contributed by atoms with E-state index in [2.05, 4.69) is 48.5 Å². The first-order valence-corrected chi connectivity index (χ1v) is 12.9. The summed E-state index contributed by atoms with van der Waals surface area (Å²) >= 11 is 6.53. The van der Waals surface area contributed by atoms with Crippen LogP contribution in [0.25, 0.3) is 17.8 Å². The summed E-state index contributed by atoms with van der Waals surface area (Å²) in [5.41, 5.74) is 7.74. The Morgan fingerprint density at radius 2 is 2.00 bits per heavy atom. The lowest BCUT2D eigenvalue weighted by Gasteiger charge is -2.36. The molecule has 1 aromatic carbocycles. The third kappa shape index (κ3) is 4.70. The molecule has 36 heavy (non-hydrogen) atoms. The first-order chi connectivity index (χ1) is 17.5. The van der Waals surface area contributed by atoms with Crippen LogP contribution in [0.2, 0.25) is 5.02 Å². The van der Waals surface area contributed by atoms with Gasteiger partial charge in [0.1, 0.15) is 0 Å². The molecule has 2 aromatic heterocycles. The Hall–Kier alpha value is -3.38. The van der Waals surface area contributed by atoms with E-state index in [1.807, 2.05) is 48.0 Å². The molecule has 5 rings (SSSR count). The van der Waals surface area contributed by atoms with Crippen molar-refractivity contribution in [2.75, 3.05) is 19.7 Å². The molecular weight excluding hydrogens is 472 g/mol. The predicted octanol–water partition coefficient (Wildman–Crippen LogP) is 6.57. The second kappa shape index (κ2) is 10.3. The van der Waals surface area contributed by atoms with E-state index in [9.17, 15) is 4.79 Å². The zero-order valence-corrected chi connectivity index (χ0v) is 21.7. The number of ether oxygens (including phenoxy) is 1. The minimum atomic E-state index is -0.221. The van der Waals surface area contributed by atoms with Gasteiger partial charge in [0.15, 0.2) is 0 Å². The summed E-state index contributed by atoms with van der Waals surface area (Å²) < 4.78 is 7.27. The van der Waals surface area contributed by atoms with Crippen LogP contribution in [0, 0.1) is 19.8 Å². The number of halogens is 1. The number of pyridine rings is 1. The van der Waals surface area contributed by atoms with Crippen LogP contribution in [-0.4, -0.2) is 45.2 Å². The molecule has 0 radical (unpaired) electrons. The topological polar surface area (TPSA) is 60.2 Å². The highest BCUT2D eigenvalue weighted by molar-refractivity contribution is 6.30. The van der Waals surface area contributed by atoms with Crippen molar-refractivity contribution in [3.8, 4) is 0 Å². The number of likely N-dealkylation sites (tertiary alicyclic amines) is 1. The fourth-order valence-electron chi connectivity index (χ4n) is 5.33. The number of imidazole rings is 1. The second-order valence-corrected chi connectivity index (χ2v) is 9.89. The molecule has 7 heteroatoms. The molecule has 0 spiro atoms. The Labute approximate surface area is 217 Å². The van der Waals surface area contributed by atoms with E-state index in [4.69, 9.17) is 21.3 Å². The van der Waals surface area contributed by atoms with Gasteiger partial charge < -0.3 is 14.2 Å². The summed E-state index contributed by atoms with van der Waals surface area (Å²) in [6.45, 7) is 7.69. The van der Waals surface area contributed by atoms with Crippen LogP contribution >= 0.6 is 11.6 Å². The largest absolute Gasteiger partial charge is 0.450 e. The van der Waals surface area contributed by atoms with Crippen LogP contribution in [0.15, 0.2) is 48.9 Å². The summed E-state index contributed by atoms with van der Waals surface area (Å²) in [7, 11) is 0. The number of benzene rings is 1. The summed E-state index contributed by atoms with van der Waals surface area (Å²) in [6.07, 6.45) is 11.7. The molecule has 6 nitrogen and oxygen atoms in total. The standard InChI is InChI=1S/C29H31ClN4O2/c1-4-36-29(35)33-13-9-21(10-14-33)27-25-8-7-24(30)17-26(25)22(16-23-6-5-12-31-28(23)27)11-15-34-18-32-19(2)20(34)3/h5-8,11-12,15-18,21,27H,4,9-10,13-14H2,1-3H3/b15-11+. The highest BCUT2D eigenvalue weighted by Crippen LogP contribution is 2.45. The molecule has 1 fully saturated rings. The molecule has 0 N–H and O–H groups in total. The minimum Gasteiger partial charge on any atom is -0.450 e. The van der Waals surface area contributed by atoms with Crippen LogP contribution in [0.3, 0.4) is 0 Å². The number of hydrogen-bond acceptors (Lipinski definition) is 4. The van der Waals surface area contributed by atoms with E-state index >= 15 is 0 Å². The van der Waals surface area contributed by atoms with Gasteiger partial charge in [0.2, 0.25) is 0 Å². The minimum absolute atomic E-state index is 0.109. The van der Waals surface area contributed by atoms with Gasteiger partial charge >= 0.3 is 6.09 Å². The number of carbonyl (C=O) groups is 1. The van der Waals surface area contributed by atoms with Crippen molar-refractivity contribution in [2.45, 2.75) is 39.5 Å². The number of fused-ring (bicyclic) bond motifs is 2. The average Bonchev–Trinajstić information content (AvgIpc) is 3.13. The maximum atomic E-state index is 12.3. The lowest BCUT2D eigenvalue weighted by Crippen LogP contribution is -2.40. The molecule has 1 saturated heterocycles. The van der Waals surface area contributed by atoms with E-state index in [0.29, 0.717) is 30.6 Å². The number of hydrogen-bond donors (Lipinski definition) is 0. The molecule has 2 aliphatic rings. The average molecular weight is 503 g/mol. The van der Waals surface area contributed by atoms with Crippen molar-refractivity contribution < 1.29 is 9.53 Å². The monoisotopic (exact) mass is 502 g/mol. The third-order valence-corrected chi connectivity index (χ3v) is 7.61. The van der Waals surface area contributed by atoms with Crippen LogP contribution in [0.1, 0.15) is 59.5 Å². The maximum absolute atomic E-state index is 12.3. The molecule has 1 aliphatic heterocycles. The maximum Gasteiger partial charge on any atom is 0.409 e. The number of piperidine rings is 1. The highest BCUT2D eigenvalue weighted by Gasteiger charge is 2.35. The van der Waals surface area contributed by atoms with Gasteiger partial charge in [-0.15, -0.1) is 0 Å². The normalized spacial score (nSPS) is 17.9. The number of aryl methyl sites for hydroxylation is 1. The quantitative estimate of drug-likeness (QED) is 0.404. The Morgan fingerprint density at radius 3 is 2.72 bits per heavy atom. The van der Waals surface area contributed by atoms with E-state index in [-0.39, 0.29) is 12.0 Å². The molecule has 1 unspecified atom stereocenters. The predicted molar refractivity (Wildman–Crippen MR) is 144 cm³/mol. The molecular formula is C29H31ClN4O2. The van der Waals surface area contributed by atoms with Crippen LogP contribution in [0.4, 0.5) is 4.79 Å². The number of amides is 1. The number of aromatic nitrogens is 3. The van der Waals surface area contributed by atoms with Gasteiger partial charge in [0, 0.05) is 42.1 Å². The van der Waals surface area contributed by atoms with Gasteiger partial charge in [0.25, 0.3) is 0 Å². The fourth-order valence-corrected chi connectivity index (χ4v) is 5.50. The number of allylic oxidation sites excluding steroid dienone is 2. The summed E-state index contributed by atoms with van der Waals surface area (Å²) in [5.74, 6) is 0.455. The van der Waals surface area contributed by atoms with Crippen molar-refractivity contribution in [2.24, 2.45) is 5.92 Å². The Kier molecular flexibility index (Phi) is 6.97. The highest BCUT2D eigenvalue weighted by atomic mass is 35.5. The van der Waals surface area contributed by atoms with Gasteiger partial charge in [0.05, 0.1) is 24.3 Å². The van der Waals surface area contributed by atoms with Crippen LogP contribution in [0.5, 0.6) is 0 Å². The lowest BCUT2D eigenvalue weighted by atomic mass is 9.76. The smallest absolute Gasteiger partial charge is 0.409 e. The molecule has 0 saturated carbocycles. The molecule has 186 valence electrons. The van der Waals surface area contributed by atoms with E-state index in [1.54, 1.807) is 0 Å². The van der Waals surface area contributed by atoms with Crippen molar-refractivity contribution in [3.05, 3.63) is 87.7 Å². The molecule has 1 amide bonds. The Balaban J connectivity index is 1.55. The van der Waals surface area contributed by atoms with E-state index in [1.165, 1.54) is 5.56 Å². The van der Waals surface area contributed by atoms with Crippen molar-refractivity contribution >= 4 is 35.5 Å². The number of carbonyl (C=O) groups excluding carboxylic acids is 1. The zero-order chi connectivity index (χ0) is 25.2. The van der Waals surface area contributed by atoms with E-state index < -0.39 is 0 Å². The third-order valence-electron chi connectivity index (χ3n) is 7.38. The summed E-state index contributed by atoms with van der Waals surface area (Å²) in [6, 6.07) is 10.3. The molecule has 1 aliphatic carbocycles. The van der Waals surface area contributed by atoms with Crippen LogP contribution < -0.4 is 0 Å². The lowest BCUT2D eigenvalue weighted by molar-refractivity contribution is 0.0900. The van der Waals surface area contributed by atoms with Gasteiger partial charge in [-0.05, 0) is 92.1 Å². The number of nitrogens with zero attached hydrogens (tertiary/aromatic N) is 4. The molecule has 1 atom stereocenters. The van der Waals surface area contributed by atoms with Gasteiger partial charge in [-0.1, -0.05) is 23.7 Å². The fraction of sp³-hybridized carbons (Fsp3) is 0.345. The van der Waals surface area contributed by atoms with Crippen LogP contribution in [-0.2, 0) is 4.74 Å². The molecule has 3 heterocycles. The van der Waals surface area contributed by atoms with Crippen molar-refractivity contribution in [1.82, 2.24) is 19.4 Å². The Bertz CT molecular complexity index is 1330. The van der Waals surface area contributed by atoms with Gasteiger partial charge in [-0.2, -0.15) is 0 Å². The summed E-state index contributed by atoms with van der Waals surface area (Å²) in [4.78, 5) is 23.4. The first-order valence-electron chi connectivity index (χ1n) is 12.5. The van der Waals surface area contributed by atoms with Crippen molar-refractivity contribution in [3.63, 3.8) is 0 Å². The van der Waals surface area contributed by atoms with E-state index in [0.717, 1.165) is 46.6 Å². The van der Waals surface area contributed by atoms with Gasteiger partial charge in [-0.25, -0.2) is 9.78 Å². The zero-order valence-electron chi connectivity index (χ0n) is 20.9. The van der Waals surface area contributed by atoms with Crippen molar-refractivity contribution in [1.29, 1.82) is 0 Å².